The number of allylic oxidation sites excluding steroid dienone is 1. The fourth-order valence-electron chi connectivity index (χ4n) is 3.05. The lowest BCUT2D eigenvalue weighted by atomic mass is 10.0. The summed E-state index contributed by atoms with van der Waals surface area (Å²) in [6.07, 6.45) is 1.69. The summed E-state index contributed by atoms with van der Waals surface area (Å²) in [7, 11) is 4.59. The number of methoxy groups -OCH3 is 3. The van der Waals surface area contributed by atoms with E-state index in [2.05, 4.69) is 6.07 Å². The third kappa shape index (κ3) is 5.32. The van der Waals surface area contributed by atoms with Gasteiger partial charge in [0.05, 0.1) is 38.0 Å². The standard InChI is InChI=1S/C25H21ClFNO4/c1-29-22-9-6-18(13-23(22)30-2)19(14-28)10-17-11-21(26)25(24(12-17)31-3)32-15-16-4-7-20(27)8-5-16/h4-13H,15H2,1-3H3/b19-10+. The first-order valence-electron chi connectivity index (χ1n) is 9.58. The molecule has 3 aromatic carbocycles. The van der Waals surface area contributed by atoms with Crippen molar-refractivity contribution < 1.29 is 23.3 Å². The summed E-state index contributed by atoms with van der Waals surface area (Å²) < 4.78 is 34.9. The van der Waals surface area contributed by atoms with Crippen molar-refractivity contribution in [2.45, 2.75) is 6.61 Å². The van der Waals surface area contributed by atoms with Gasteiger partial charge in [-0.15, -0.1) is 0 Å². The Morgan fingerprint density at radius 1 is 0.938 bits per heavy atom. The molecule has 32 heavy (non-hydrogen) atoms. The van der Waals surface area contributed by atoms with Gasteiger partial charge in [0.15, 0.2) is 23.0 Å². The quantitative estimate of drug-likeness (QED) is 0.302. The molecule has 0 atom stereocenters. The van der Waals surface area contributed by atoms with Crippen LogP contribution >= 0.6 is 11.6 Å². The van der Waals surface area contributed by atoms with Crippen molar-refractivity contribution in [1.29, 1.82) is 5.26 Å². The summed E-state index contributed by atoms with van der Waals surface area (Å²) >= 11 is 6.45. The molecule has 0 unspecified atom stereocenters. The summed E-state index contributed by atoms with van der Waals surface area (Å²) in [6.45, 7) is 0.195. The van der Waals surface area contributed by atoms with E-state index in [0.717, 1.165) is 5.56 Å². The number of rotatable bonds is 8. The summed E-state index contributed by atoms with van der Waals surface area (Å²) in [4.78, 5) is 0. The minimum atomic E-state index is -0.316. The van der Waals surface area contributed by atoms with Crippen LogP contribution in [0.4, 0.5) is 4.39 Å². The number of hydrogen-bond donors (Lipinski definition) is 0. The average molecular weight is 454 g/mol. The molecule has 0 saturated carbocycles. The Balaban J connectivity index is 1.90. The van der Waals surface area contributed by atoms with E-state index in [-0.39, 0.29) is 12.4 Å². The first-order valence-corrected chi connectivity index (χ1v) is 9.95. The maximum Gasteiger partial charge on any atom is 0.180 e. The number of nitrogens with zero attached hydrogens (tertiary/aromatic N) is 1. The fraction of sp³-hybridized carbons (Fsp3) is 0.160. The molecule has 0 radical (unpaired) electrons. The number of benzene rings is 3. The summed E-state index contributed by atoms with van der Waals surface area (Å²) in [5.41, 5.74) is 2.52. The van der Waals surface area contributed by atoms with Gasteiger partial charge in [0.25, 0.3) is 0 Å². The van der Waals surface area contributed by atoms with Crippen LogP contribution in [0.15, 0.2) is 54.6 Å². The second-order valence-electron chi connectivity index (χ2n) is 6.69. The van der Waals surface area contributed by atoms with Gasteiger partial charge in [-0.25, -0.2) is 4.39 Å². The molecule has 7 heteroatoms. The average Bonchev–Trinajstić information content (AvgIpc) is 2.82. The summed E-state index contributed by atoms with van der Waals surface area (Å²) in [5.74, 6) is 1.55. The number of hydrogen-bond acceptors (Lipinski definition) is 5. The molecule has 0 aliphatic rings. The van der Waals surface area contributed by atoms with E-state index in [1.54, 1.807) is 55.7 Å². The Morgan fingerprint density at radius 3 is 2.25 bits per heavy atom. The predicted octanol–water partition coefficient (Wildman–Crippen LogP) is 6.15. The van der Waals surface area contributed by atoms with Crippen LogP contribution in [0.5, 0.6) is 23.0 Å². The molecule has 0 fully saturated rings. The van der Waals surface area contributed by atoms with Crippen molar-refractivity contribution in [1.82, 2.24) is 0 Å². The van der Waals surface area contributed by atoms with E-state index in [4.69, 9.17) is 30.5 Å². The first-order chi connectivity index (χ1) is 15.5. The molecular weight excluding hydrogens is 433 g/mol. The van der Waals surface area contributed by atoms with Crippen molar-refractivity contribution in [3.8, 4) is 29.1 Å². The maximum atomic E-state index is 13.1. The van der Waals surface area contributed by atoms with E-state index in [0.29, 0.717) is 44.7 Å². The monoisotopic (exact) mass is 453 g/mol. The summed E-state index contributed by atoms with van der Waals surface area (Å²) in [5, 5.41) is 10.0. The zero-order valence-electron chi connectivity index (χ0n) is 17.8. The molecule has 0 aliphatic carbocycles. The zero-order chi connectivity index (χ0) is 23.1. The number of ether oxygens (including phenoxy) is 4. The van der Waals surface area contributed by atoms with Gasteiger partial charge in [0.1, 0.15) is 12.4 Å². The van der Waals surface area contributed by atoms with E-state index in [1.165, 1.54) is 26.4 Å². The molecule has 3 aromatic rings. The highest BCUT2D eigenvalue weighted by molar-refractivity contribution is 6.32. The smallest absolute Gasteiger partial charge is 0.180 e. The third-order valence-electron chi connectivity index (χ3n) is 4.67. The van der Waals surface area contributed by atoms with Crippen LogP contribution in [-0.2, 0) is 6.61 Å². The molecule has 0 aliphatic heterocycles. The topological polar surface area (TPSA) is 60.7 Å². The zero-order valence-corrected chi connectivity index (χ0v) is 18.6. The van der Waals surface area contributed by atoms with E-state index < -0.39 is 0 Å². The van der Waals surface area contributed by atoms with E-state index in [9.17, 15) is 9.65 Å². The minimum absolute atomic E-state index is 0.195. The van der Waals surface area contributed by atoms with Crippen LogP contribution < -0.4 is 18.9 Å². The van der Waals surface area contributed by atoms with Gasteiger partial charge < -0.3 is 18.9 Å². The van der Waals surface area contributed by atoms with Crippen LogP contribution in [0.25, 0.3) is 11.6 Å². The molecule has 0 amide bonds. The molecule has 0 bridgehead atoms. The highest BCUT2D eigenvalue weighted by Gasteiger charge is 2.14. The third-order valence-corrected chi connectivity index (χ3v) is 4.95. The molecule has 164 valence electrons. The Bertz CT molecular complexity index is 1170. The molecule has 5 nitrogen and oxygen atoms in total. The second-order valence-corrected chi connectivity index (χ2v) is 7.10. The van der Waals surface area contributed by atoms with Gasteiger partial charge in [0, 0.05) is 0 Å². The fourth-order valence-corrected chi connectivity index (χ4v) is 3.32. The molecular formula is C25H21ClFNO4. The van der Waals surface area contributed by atoms with Gasteiger partial charge in [-0.1, -0.05) is 23.7 Å². The Morgan fingerprint density at radius 2 is 1.62 bits per heavy atom. The van der Waals surface area contributed by atoms with Gasteiger partial charge in [-0.3, -0.25) is 0 Å². The SMILES string of the molecule is COc1ccc(/C(C#N)=C/c2cc(Cl)c(OCc3ccc(F)cc3)c(OC)c2)cc1OC. The molecule has 0 spiro atoms. The largest absolute Gasteiger partial charge is 0.493 e. The molecule has 0 N–H and O–H groups in total. The lowest BCUT2D eigenvalue weighted by Crippen LogP contribution is -1.99. The first kappa shape index (κ1) is 23.0. The van der Waals surface area contributed by atoms with Crippen LogP contribution in [0.1, 0.15) is 16.7 Å². The van der Waals surface area contributed by atoms with Crippen LogP contribution in [-0.4, -0.2) is 21.3 Å². The van der Waals surface area contributed by atoms with Gasteiger partial charge >= 0.3 is 0 Å². The maximum absolute atomic E-state index is 13.1. The normalized spacial score (nSPS) is 10.9. The van der Waals surface area contributed by atoms with Crippen LogP contribution in [0, 0.1) is 17.1 Å². The Kier molecular flexibility index (Phi) is 7.58. The van der Waals surface area contributed by atoms with Crippen molar-refractivity contribution in [2.75, 3.05) is 21.3 Å². The highest BCUT2D eigenvalue weighted by atomic mass is 35.5. The van der Waals surface area contributed by atoms with Gasteiger partial charge in [-0.2, -0.15) is 5.26 Å². The molecule has 3 rings (SSSR count). The second kappa shape index (κ2) is 10.6. The molecule has 0 aromatic heterocycles. The van der Waals surface area contributed by atoms with Gasteiger partial charge in [-0.05, 0) is 65.2 Å². The predicted molar refractivity (Wildman–Crippen MR) is 122 cm³/mol. The minimum Gasteiger partial charge on any atom is -0.493 e. The lowest BCUT2D eigenvalue weighted by molar-refractivity contribution is 0.284. The van der Waals surface area contributed by atoms with Crippen molar-refractivity contribution in [3.05, 3.63) is 82.1 Å². The van der Waals surface area contributed by atoms with E-state index in [1.807, 2.05) is 0 Å². The van der Waals surface area contributed by atoms with Crippen LogP contribution in [0.3, 0.4) is 0 Å². The van der Waals surface area contributed by atoms with Crippen LogP contribution in [0.2, 0.25) is 5.02 Å². The Labute approximate surface area is 191 Å². The van der Waals surface area contributed by atoms with E-state index >= 15 is 0 Å². The van der Waals surface area contributed by atoms with Crippen molar-refractivity contribution in [3.63, 3.8) is 0 Å². The number of halogens is 2. The molecule has 0 heterocycles. The lowest BCUT2D eigenvalue weighted by Gasteiger charge is -2.14. The number of nitriles is 1. The Hall–Kier alpha value is -3.69. The molecule has 0 saturated heterocycles. The van der Waals surface area contributed by atoms with Gasteiger partial charge in [0.2, 0.25) is 0 Å². The summed E-state index contributed by atoms with van der Waals surface area (Å²) in [6, 6.07) is 16.8. The highest BCUT2D eigenvalue weighted by Crippen LogP contribution is 2.38. The van der Waals surface area contributed by atoms with Crippen molar-refractivity contribution >= 4 is 23.3 Å². The van der Waals surface area contributed by atoms with Crippen molar-refractivity contribution in [2.24, 2.45) is 0 Å².